The second kappa shape index (κ2) is 18.7. The first kappa shape index (κ1) is 31.1. The van der Waals surface area contributed by atoms with Crippen molar-refractivity contribution >= 4 is 24.0 Å². The summed E-state index contributed by atoms with van der Waals surface area (Å²) < 4.78 is 0. The number of hydrogen-bond acceptors (Lipinski definition) is 6. The summed E-state index contributed by atoms with van der Waals surface area (Å²) in [5.41, 5.74) is 2.57. The Morgan fingerprint density at radius 2 is 1.91 bits per heavy atom. The lowest BCUT2D eigenvalue weighted by Crippen LogP contribution is -2.22. The van der Waals surface area contributed by atoms with Crippen LogP contribution in [0.3, 0.4) is 0 Å². The van der Waals surface area contributed by atoms with E-state index in [2.05, 4.69) is 67.4 Å². The van der Waals surface area contributed by atoms with Crippen molar-refractivity contribution in [2.75, 3.05) is 14.1 Å². The predicted octanol–water partition coefficient (Wildman–Crippen LogP) is 5.27. The molecular formula is C25H42N6O. The Bertz CT molecular complexity index is 769. The first-order chi connectivity index (χ1) is 15.1. The van der Waals surface area contributed by atoms with E-state index in [0.717, 1.165) is 18.0 Å². The molecular weight excluding hydrogens is 400 g/mol. The molecule has 1 aliphatic carbocycles. The molecule has 0 bridgehead atoms. The summed E-state index contributed by atoms with van der Waals surface area (Å²) in [6, 6.07) is 0. The van der Waals surface area contributed by atoms with E-state index < -0.39 is 0 Å². The van der Waals surface area contributed by atoms with E-state index in [1.165, 1.54) is 23.1 Å². The molecule has 32 heavy (non-hydrogen) atoms. The number of rotatable bonds is 7. The zero-order valence-corrected chi connectivity index (χ0v) is 21.2. The topological polar surface area (TPSA) is 86.7 Å². The molecule has 2 N–H and O–H groups in total. The van der Waals surface area contributed by atoms with Gasteiger partial charge in [-0.05, 0) is 46.9 Å². The molecule has 0 aliphatic heterocycles. The zero-order chi connectivity index (χ0) is 25.1. The van der Waals surface area contributed by atoms with Crippen LogP contribution in [0.2, 0.25) is 0 Å². The van der Waals surface area contributed by atoms with Crippen LogP contribution in [-0.4, -0.2) is 48.2 Å². The van der Waals surface area contributed by atoms with Crippen molar-refractivity contribution in [1.82, 2.24) is 10.0 Å². The molecule has 0 amide bonds. The van der Waals surface area contributed by atoms with Gasteiger partial charge in [-0.2, -0.15) is 5.10 Å². The number of carbonyl (C=O) groups is 1. The fourth-order valence-corrected chi connectivity index (χ4v) is 2.30. The molecule has 0 heterocycles. The minimum atomic E-state index is -0.184. The first-order valence-corrected chi connectivity index (χ1v) is 10.7. The quantitative estimate of drug-likeness (QED) is 0.191. The lowest BCUT2D eigenvalue weighted by atomic mass is 9.94. The van der Waals surface area contributed by atoms with Crippen molar-refractivity contribution in [3.63, 3.8) is 0 Å². The van der Waals surface area contributed by atoms with Crippen LogP contribution in [0.15, 0.2) is 75.7 Å². The molecule has 1 rings (SSSR count). The van der Waals surface area contributed by atoms with Gasteiger partial charge in [-0.3, -0.25) is 9.80 Å². The maximum Gasteiger partial charge on any atom is 0.200 e. The van der Waals surface area contributed by atoms with Crippen LogP contribution in [0.25, 0.3) is 0 Å². The third-order valence-corrected chi connectivity index (χ3v) is 3.86. The molecule has 1 aliphatic rings. The summed E-state index contributed by atoms with van der Waals surface area (Å²) in [4.78, 5) is 19.4. The van der Waals surface area contributed by atoms with Gasteiger partial charge in [-0.25, -0.2) is 15.8 Å². The van der Waals surface area contributed by atoms with Crippen LogP contribution in [0.4, 0.5) is 0 Å². The number of allylic oxidation sites excluding steroid dienone is 6. The van der Waals surface area contributed by atoms with E-state index in [1.54, 1.807) is 38.4 Å². The molecule has 0 aromatic carbocycles. The Morgan fingerprint density at radius 3 is 2.34 bits per heavy atom. The van der Waals surface area contributed by atoms with E-state index in [1.807, 2.05) is 19.9 Å². The number of nitrogens with two attached hydrogens (primary N) is 1. The minimum absolute atomic E-state index is 0.184. The largest absolute Gasteiger partial charge is 0.320 e. The molecule has 0 aromatic heterocycles. The van der Waals surface area contributed by atoms with Gasteiger partial charge in [-0.15, -0.1) is 0 Å². The van der Waals surface area contributed by atoms with Gasteiger partial charge in [0.25, 0.3) is 0 Å². The molecule has 0 radical (unpaired) electrons. The molecule has 178 valence electrons. The van der Waals surface area contributed by atoms with Crippen LogP contribution in [-0.2, 0) is 4.79 Å². The fraction of sp³-hybridized carbons (Fsp3) is 0.440. The maximum atomic E-state index is 11.2. The molecule has 0 saturated carbocycles. The van der Waals surface area contributed by atoms with Crippen molar-refractivity contribution in [3.05, 3.63) is 60.6 Å². The molecule has 1 unspecified atom stereocenters. The molecule has 0 spiro atoms. The van der Waals surface area contributed by atoms with Crippen LogP contribution in [0.5, 0.6) is 0 Å². The number of aliphatic imine (C=N–C) groups is 2. The molecule has 0 aromatic rings. The lowest BCUT2D eigenvalue weighted by Gasteiger charge is -2.16. The SMILES string of the molecule is C=CC(=O)/C(C)=N\N(C)/C(C)=C/N(C)N.C=NC(=N/C=C/C)C1C=CC=C(C)C1.CCC. The molecule has 0 saturated heterocycles. The highest BCUT2D eigenvalue weighted by atomic mass is 16.1. The zero-order valence-electron chi connectivity index (χ0n) is 21.2. The third-order valence-electron chi connectivity index (χ3n) is 3.86. The molecule has 7 heteroatoms. The Morgan fingerprint density at radius 1 is 1.31 bits per heavy atom. The maximum absolute atomic E-state index is 11.2. The summed E-state index contributed by atoms with van der Waals surface area (Å²) in [5.74, 6) is 6.35. The second-order valence-corrected chi connectivity index (χ2v) is 7.26. The normalized spacial score (nSPS) is 16.2. The molecule has 1 atom stereocenters. The Kier molecular flexibility index (Phi) is 18.2. The third kappa shape index (κ3) is 14.8. The van der Waals surface area contributed by atoms with Crippen LogP contribution in [0, 0.1) is 5.92 Å². The van der Waals surface area contributed by atoms with Gasteiger partial charge in [0.1, 0.15) is 11.5 Å². The average Bonchev–Trinajstić information content (AvgIpc) is 2.74. The Balaban J connectivity index is 0. The summed E-state index contributed by atoms with van der Waals surface area (Å²) in [6.45, 7) is 18.7. The average molecular weight is 443 g/mol. The second-order valence-electron chi connectivity index (χ2n) is 7.26. The van der Waals surface area contributed by atoms with Gasteiger partial charge < -0.3 is 5.01 Å². The van der Waals surface area contributed by atoms with Gasteiger partial charge in [0.15, 0.2) is 0 Å². The smallest absolute Gasteiger partial charge is 0.200 e. The number of ketones is 1. The number of hydrogen-bond donors (Lipinski definition) is 1. The highest BCUT2D eigenvalue weighted by molar-refractivity contribution is 6.42. The molecule has 7 nitrogen and oxygen atoms in total. The van der Waals surface area contributed by atoms with Crippen molar-refractivity contribution < 1.29 is 4.79 Å². The summed E-state index contributed by atoms with van der Waals surface area (Å²) >= 11 is 0. The lowest BCUT2D eigenvalue weighted by molar-refractivity contribution is -0.109. The van der Waals surface area contributed by atoms with E-state index in [4.69, 9.17) is 5.84 Å². The van der Waals surface area contributed by atoms with Crippen LogP contribution in [0.1, 0.15) is 54.4 Å². The Hall–Kier alpha value is -3.06. The van der Waals surface area contributed by atoms with E-state index in [0.29, 0.717) is 5.71 Å². The Labute approximate surface area is 195 Å². The summed E-state index contributed by atoms with van der Waals surface area (Å²) in [5, 5.41) is 7.09. The summed E-state index contributed by atoms with van der Waals surface area (Å²) in [6.07, 6.45) is 15.1. The van der Waals surface area contributed by atoms with Crippen molar-refractivity contribution in [2.24, 2.45) is 26.8 Å². The predicted molar refractivity (Wildman–Crippen MR) is 141 cm³/mol. The summed E-state index contributed by atoms with van der Waals surface area (Å²) in [7, 11) is 3.46. The number of hydrazone groups is 1. The first-order valence-electron chi connectivity index (χ1n) is 10.7. The minimum Gasteiger partial charge on any atom is -0.320 e. The monoisotopic (exact) mass is 442 g/mol. The van der Waals surface area contributed by atoms with Gasteiger partial charge in [0.2, 0.25) is 5.78 Å². The number of nitrogens with zero attached hydrogens (tertiary/aromatic N) is 5. The van der Waals surface area contributed by atoms with E-state index >= 15 is 0 Å². The fourth-order valence-electron chi connectivity index (χ4n) is 2.30. The number of amidine groups is 1. The van der Waals surface area contributed by atoms with Crippen molar-refractivity contribution in [2.45, 2.75) is 54.4 Å². The highest BCUT2D eigenvalue weighted by Crippen LogP contribution is 2.20. The van der Waals surface area contributed by atoms with Gasteiger partial charge in [0.05, 0.1) is 5.70 Å². The van der Waals surface area contributed by atoms with E-state index in [-0.39, 0.29) is 11.7 Å². The molecule has 0 fully saturated rings. The van der Waals surface area contributed by atoms with Crippen molar-refractivity contribution in [1.29, 1.82) is 0 Å². The number of hydrazine groups is 1. The van der Waals surface area contributed by atoms with Gasteiger partial charge >= 0.3 is 0 Å². The highest BCUT2D eigenvalue weighted by Gasteiger charge is 2.13. The van der Waals surface area contributed by atoms with Crippen molar-refractivity contribution in [3.8, 4) is 0 Å². The number of carbonyl (C=O) groups excluding carboxylic acids is 1. The van der Waals surface area contributed by atoms with E-state index in [9.17, 15) is 4.79 Å². The van der Waals surface area contributed by atoms with Gasteiger partial charge in [-0.1, -0.05) is 56.7 Å². The standard InChI is InChI=1S/C12H16N2.C10H18N4O.C3H8/c1-4-8-14-12(13-3)11-7-5-6-10(2)9-11;1-6-10(15)9(3)12-14(5)8(2)7-13(4)11;1-3-2/h4-8,11H,3,9H2,1-2H3;6-7H,1,11H2,2-5H3;3H2,1-2H3/b8-4+,14-12?;8-7+,12-9-;. The van der Waals surface area contributed by atoms with Crippen LogP contribution < -0.4 is 5.84 Å². The van der Waals surface area contributed by atoms with Gasteiger partial charge in [0, 0.05) is 32.4 Å². The van der Waals surface area contributed by atoms with Crippen LogP contribution >= 0.6 is 0 Å².